The van der Waals surface area contributed by atoms with Crippen molar-refractivity contribution in [2.75, 3.05) is 11.9 Å². The van der Waals surface area contributed by atoms with Crippen LogP contribution in [0.2, 0.25) is 0 Å². The minimum absolute atomic E-state index is 0.0372. The van der Waals surface area contributed by atoms with Crippen molar-refractivity contribution in [2.45, 2.75) is 33.1 Å². The Bertz CT molecular complexity index is 356. The Hall–Kier alpha value is -0.490. The SMILES string of the molecule is CCc1nnsc1C(=O)NCC(CC)CCBr. The van der Waals surface area contributed by atoms with Crippen LogP contribution in [0.15, 0.2) is 0 Å². The number of aromatic nitrogens is 2. The van der Waals surface area contributed by atoms with Gasteiger partial charge in [0.15, 0.2) is 0 Å². The van der Waals surface area contributed by atoms with Gasteiger partial charge in [-0.05, 0) is 30.3 Å². The van der Waals surface area contributed by atoms with Crippen LogP contribution < -0.4 is 5.32 Å². The average Bonchev–Trinajstić information content (AvgIpc) is 2.82. The van der Waals surface area contributed by atoms with Crippen molar-refractivity contribution in [3.8, 4) is 0 Å². The lowest BCUT2D eigenvalue weighted by Gasteiger charge is -2.13. The van der Waals surface area contributed by atoms with Gasteiger partial charge in [-0.15, -0.1) is 5.10 Å². The standard InChI is InChI=1S/C11H18BrN3OS/c1-3-8(5-6-12)7-13-11(16)10-9(4-2)14-15-17-10/h8H,3-7H2,1-2H3,(H,13,16). The molecule has 1 aromatic rings. The summed E-state index contributed by atoms with van der Waals surface area (Å²) in [6.07, 6.45) is 2.91. The van der Waals surface area contributed by atoms with Crippen LogP contribution in [0.4, 0.5) is 0 Å². The van der Waals surface area contributed by atoms with Crippen molar-refractivity contribution >= 4 is 33.4 Å². The van der Waals surface area contributed by atoms with E-state index in [1.165, 1.54) is 11.5 Å². The van der Waals surface area contributed by atoms with Crippen LogP contribution in [-0.4, -0.2) is 27.4 Å². The number of aryl methyl sites for hydroxylation is 1. The van der Waals surface area contributed by atoms with Gasteiger partial charge in [-0.1, -0.05) is 40.7 Å². The van der Waals surface area contributed by atoms with Crippen LogP contribution >= 0.6 is 27.5 Å². The third-order valence-corrected chi connectivity index (χ3v) is 3.97. The molecule has 0 aliphatic heterocycles. The predicted octanol–water partition coefficient (Wildman–Crippen LogP) is 2.64. The Morgan fingerprint density at radius 1 is 1.53 bits per heavy atom. The van der Waals surface area contributed by atoms with E-state index < -0.39 is 0 Å². The molecule has 6 heteroatoms. The van der Waals surface area contributed by atoms with E-state index in [1.54, 1.807) is 0 Å². The molecule has 1 amide bonds. The van der Waals surface area contributed by atoms with E-state index in [1.807, 2.05) is 6.92 Å². The summed E-state index contributed by atoms with van der Waals surface area (Å²) in [6, 6.07) is 0. The van der Waals surface area contributed by atoms with E-state index in [2.05, 4.69) is 37.8 Å². The first-order valence-electron chi connectivity index (χ1n) is 5.88. The molecule has 1 aromatic heterocycles. The summed E-state index contributed by atoms with van der Waals surface area (Å²) in [7, 11) is 0. The lowest BCUT2D eigenvalue weighted by Crippen LogP contribution is -2.29. The molecule has 1 rings (SSSR count). The molecule has 1 N–H and O–H groups in total. The molecule has 0 fully saturated rings. The molecule has 96 valence electrons. The van der Waals surface area contributed by atoms with Crippen molar-refractivity contribution in [3.63, 3.8) is 0 Å². The monoisotopic (exact) mass is 319 g/mol. The zero-order chi connectivity index (χ0) is 12.7. The lowest BCUT2D eigenvalue weighted by atomic mass is 10.0. The van der Waals surface area contributed by atoms with Gasteiger partial charge in [0, 0.05) is 11.9 Å². The van der Waals surface area contributed by atoms with Crippen LogP contribution in [0.3, 0.4) is 0 Å². The molecule has 0 saturated heterocycles. The summed E-state index contributed by atoms with van der Waals surface area (Å²) in [5, 5.41) is 7.88. The highest BCUT2D eigenvalue weighted by atomic mass is 79.9. The maximum atomic E-state index is 11.9. The largest absolute Gasteiger partial charge is 0.351 e. The molecular weight excluding hydrogens is 302 g/mol. The summed E-state index contributed by atoms with van der Waals surface area (Å²) in [5.74, 6) is 0.495. The normalized spacial score (nSPS) is 12.4. The number of carbonyl (C=O) groups excluding carboxylic acids is 1. The van der Waals surface area contributed by atoms with Crippen LogP contribution in [0.5, 0.6) is 0 Å². The summed E-state index contributed by atoms with van der Waals surface area (Å²) >= 11 is 4.60. The van der Waals surface area contributed by atoms with E-state index in [-0.39, 0.29) is 5.91 Å². The molecule has 0 aliphatic carbocycles. The Balaban J connectivity index is 2.49. The number of hydrogen-bond donors (Lipinski definition) is 1. The van der Waals surface area contributed by atoms with Gasteiger partial charge in [-0.2, -0.15) is 0 Å². The molecule has 1 heterocycles. The van der Waals surface area contributed by atoms with Crippen molar-refractivity contribution in [2.24, 2.45) is 5.92 Å². The van der Waals surface area contributed by atoms with Gasteiger partial charge < -0.3 is 5.32 Å². The average molecular weight is 320 g/mol. The quantitative estimate of drug-likeness (QED) is 0.786. The molecule has 0 aliphatic rings. The molecule has 0 spiro atoms. The number of rotatable bonds is 7. The van der Waals surface area contributed by atoms with E-state index in [4.69, 9.17) is 0 Å². The number of nitrogens with one attached hydrogen (secondary N) is 1. The van der Waals surface area contributed by atoms with Crippen LogP contribution in [0, 0.1) is 5.92 Å². The van der Waals surface area contributed by atoms with Crippen molar-refractivity contribution in [1.82, 2.24) is 14.9 Å². The zero-order valence-electron chi connectivity index (χ0n) is 10.2. The van der Waals surface area contributed by atoms with Gasteiger partial charge in [-0.3, -0.25) is 4.79 Å². The molecule has 0 bridgehead atoms. The summed E-state index contributed by atoms with van der Waals surface area (Å²) in [5.41, 5.74) is 0.793. The second-order valence-electron chi connectivity index (χ2n) is 3.86. The predicted molar refractivity (Wildman–Crippen MR) is 73.8 cm³/mol. The van der Waals surface area contributed by atoms with E-state index in [0.717, 1.165) is 36.8 Å². The third kappa shape index (κ3) is 4.35. The first-order chi connectivity index (χ1) is 8.22. The molecule has 1 atom stereocenters. The van der Waals surface area contributed by atoms with E-state index in [9.17, 15) is 4.79 Å². The molecule has 4 nitrogen and oxygen atoms in total. The summed E-state index contributed by atoms with van der Waals surface area (Å²) in [4.78, 5) is 12.6. The van der Waals surface area contributed by atoms with Gasteiger partial charge in [0.2, 0.25) is 0 Å². The number of nitrogens with zero attached hydrogens (tertiary/aromatic N) is 2. The highest BCUT2D eigenvalue weighted by Gasteiger charge is 2.15. The van der Waals surface area contributed by atoms with Crippen molar-refractivity contribution in [1.29, 1.82) is 0 Å². The van der Waals surface area contributed by atoms with Gasteiger partial charge in [0.25, 0.3) is 5.91 Å². The zero-order valence-corrected chi connectivity index (χ0v) is 12.6. The number of carbonyl (C=O) groups is 1. The maximum Gasteiger partial charge on any atom is 0.264 e. The van der Waals surface area contributed by atoms with Gasteiger partial charge in [-0.25, -0.2) is 0 Å². The van der Waals surface area contributed by atoms with Gasteiger partial charge in [0.05, 0.1) is 5.69 Å². The van der Waals surface area contributed by atoms with E-state index >= 15 is 0 Å². The molecule has 17 heavy (non-hydrogen) atoms. The Morgan fingerprint density at radius 3 is 2.88 bits per heavy atom. The maximum absolute atomic E-state index is 11.9. The minimum atomic E-state index is -0.0372. The number of alkyl halides is 1. The fraction of sp³-hybridized carbons (Fsp3) is 0.727. The Morgan fingerprint density at radius 2 is 2.29 bits per heavy atom. The van der Waals surface area contributed by atoms with E-state index in [0.29, 0.717) is 10.8 Å². The molecule has 0 aromatic carbocycles. The number of hydrogen-bond acceptors (Lipinski definition) is 4. The summed E-state index contributed by atoms with van der Waals surface area (Å²) < 4.78 is 3.82. The fourth-order valence-corrected chi connectivity index (χ4v) is 2.85. The Labute approximate surface area is 114 Å². The lowest BCUT2D eigenvalue weighted by molar-refractivity contribution is 0.0949. The van der Waals surface area contributed by atoms with Crippen molar-refractivity contribution < 1.29 is 4.79 Å². The molecular formula is C11H18BrN3OS. The molecule has 0 saturated carbocycles. The molecule has 1 unspecified atom stereocenters. The number of halogens is 1. The Kier molecular flexibility index (Phi) is 6.65. The van der Waals surface area contributed by atoms with Gasteiger partial charge in [0.1, 0.15) is 4.88 Å². The smallest absolute Gasteiger partial charge is 0.264 e. The van der Waals surface area contributed by atoms with Crippen LogP contribution in [0.1, 0.15) is 42.1 Å². The topological polar surface area (TPSA) is 54.9 Å². The van der Waals surface area contributed by atoms with Crippen LogP contribution in [-0.2, 0) is 6.42 Å². The highest BCUT2D eigenvalue weighted by Crippen LogP contribution is 2.12. The second-order valence-corrected chi connectivity index (χ2v) is 5.41. The minimum Gasteiger partial charge on any atom is -0.351 e. The van der Waals surface area contributed by atoms with Crippen LogP contribution in [0.25, 0.3) is 0 Å². The second kappa shape index (κ2) is 7.76. The van der Waals surface area contributed by atoms with Gasteiger partial charge >= 0.3 is 0 Å². The third-order valence-electron chi connectivity index (χ3n) is 2.74. The number of amides is 1. The summed E-state index contributed by atoms with van der Waals surface area (Å²) in [6.45, 7) is 4.85. The highest BCUT2D eigenvalue weighted by molar-refractivity contribution is 9.09. The van der Waals surface area contributed by atoms with Crippen molar-refractivity contribution in [3.05, 3.63) is 10.6 Å². The first-order valence-corrected chi connectivity index (χ1v) is 7.77. The fourth-order valence-electron chi connectivity index (χ4n) is 1.53. The molecule has 0 radical (unpaired) electrons. The first kappa shape index (κ1) is 14.6.